The monoisotopic (exact) mass is 786 g/mol. The zero-order chi connectivity index (χ0) is 39.7. The van der Waals surface area contributed by atoms with Gasteiger partial charge in [-0.2, -0.15) is 0 Å². The maximum absolute atomic E-state index is 14.6. The van der Waals surface area contributed by atoms with Crippen molar-refractivity contribution in [1.82, 2.24) is 10.2 Å². The fourth-order valence-electron chi connectivity index (χ4n) is 5.61. The molecule has 0 saturated carbocycles. The van der Waals surface area contributed by atoms with E-state index in [1.54, 1.807) is 93.3 Å². The van der Waals surface area contributed by atoms with Crippen LogP contribution in [0.25, 0.3) is 6.08 Å². The van der Waals surface area contributed by atoms with Gasteiger partial charge in [0.25, 0.3) is 11.8 Å². The Bertz CT molecular complexity index is 2100. The van der Waals surface area contributed by atoms with E-state index in [0.717, 1.165) is 10.4 Å². The van der Waals surface area contributed by atoms with Crippen LogP contribution in [0.15, 0.2) is 89.5 Å². The number of carbonyl (C=O) groups excluding carboxylic acids is 5. The highest BCUT2D eigenvalue weighted by molar-refractivity contribution is 8.00. The molecule has 0 bridgehead atoms. The van der Waals surface area contributed by atoms with Crippen LogP contribution in [0.5, 0.6) is 0 Å². The Morgan fingerprint density at radius 3 is 2.38 bits per heavy atom. The molecule has 0 fully saturated rings. The van der Waals surface area contributed by atoms with Gasteiger partial charge in [0.2, 0.25) is 5.91 Å². The number of nitrogens with one attached hydrogen (secondary N) is 3. The van der Waals surface area contributed by atoms with Crippen molar-refractivity contribution in [2.75, 3.05) is 23.8 Å². The number of hydrogen-bond acceptors (Lipinski definition) is 9. The molecule has 0 radical (unpaired) electrons. The van der Waals surface area contributed by atoms with Crippen LogP contribution < -0.4 is 16.0 Å². The Hall–Kier alpha value is -5.47. The van der Waals surface area contributed by atoms with Gasteiger partial charge in [-0.15, -0.1) is 23.1 Å². The summed E-state index contributed by atoms with van der Waals surface area (Å²) in [5, 5.41) is 8.10. The molecule has 3 N–H and O–H groups in total. The fraction of sp³-hybridized carbons (Fsp3) is 0.293. The van der Waals surface area contributed by atoms with Gasteiger partial charge in [-0.25, -0.2) is 14.0 Å². The minimum absolute atomic E-state index is 0.111. The van der Waals surface area contributed by atoms with E-state index in [-0.39, 0.29) is 30.3 Å². The van der Waals surface area contributed by atoms with Gasteiger partial charge in [0, 0.05) is 33.1 Å². The summed E-state index contributed by atoms with van der Waals surface area (Å²) >= 11 is 2.50. The number of nitrogens with zero attached hydrogens (tertiary/aromatic N) is 1. The summed E-state index contributed by atoms with van der Waals surface area (Å²) in [5.41, 5.74) is 1.01. The van der Waals surface area contributed by atoms with Crippen LogP contribution in [0, 0.1) is 5.82 Å². The number of fused-ring (bicyclic) bond motifs is 1. The number of ether oxygens (including phenoxy) is 2. The average Bonchev–Trinajstić information content (AvgIpc) is 3.51. The van der Waals surface area contributed by atoms with Crippen molar-refractivity contribution >= 4 is 69.6 Å². The number of carbonyl (C=O) groups is 5. The quantitative estimate of drug-likeness (QED) is 0.0740. The third-order valence-electron chi connectivity index (χ3n) is 8.19. The molecule has 3 aromatic carbocycles. The molecule has 1 unspecified atom stereocenters. The first-order valence-corrected chi connectivity index (χ1v) is 19.5. The van der Waals surface area contributed by atoms with Gasteiger partial charge < -0.3 is 30.3 Å². The SMILES string of the molecule is CCOC(=O)c1c(NC(=O)C(CC)Sc2cccc(NC(=O)/C(=C/c3ccccc3F)NC(=O)c3ccccc3)c2)sc2c1CCN(C(=O)OC(C)(C)C)C2. The topological polar surface area (TPSA) is 143 Å². The summed E-state index contributed by atoms with van der Waals surface area (Å²) in [6.07, 6.45) is 1.64. The van der Waals surface area contributed by atoms with Crippen molar-refractivity contribution in [3.05, 3.63) is 118 Å². The molecule has 1 aromatic heterocycles. The molecule has 55 heavy (non-hydrogen) atoms. The number of hydrogen-bond donors (Lipinski definition) is 3. The van der Waals surface area contributed by atoms with Gasteiger partial charge in [-0.3, -0.25) is 14.4 Å². The molecule has 11 nitrogen and oxygen atoms in total. The number of thioether (sulfide) groups is 1. The third-order valence-corrected chi connectivity index (χ3v) is 10.7. The first-order chi connectivity index (χ1) is 26.3. The summed E-state index contributed by atoms with van der Waals surface area (Å²) < 4.78 is 25.5. The molecule has 2 heterocycles. The van der Waals surface area contributed by atoms with Crippen LogP contribution >= 0.6 is 23.1 Å². The molecule has 0 spiro atoms. The van der Waals surface area contributed by atoms with Crippen LogP contribution in [0.3, 0.4) is 0 Å². The van der Waals surface area contributed by atoms with Crippen LogP contribution in [-0.4, -0.2) is 58.7 Å². The Kier molecular flexibility index (Phi) is 13.5. The molecule has 0 aliphatic carbocycles. The van der Waals surface area contributed by atoms with Gasteiger partial charge in [-0.05, 0) is 88.6 Å². The van der Waals surface area contributed by atoms with Crippen molar-refractivity contribution in [3.63, 3.8) is 0 Å². The fourth-order valence-corrected chi connectivity index (χ4v) is 7.88. The minimum Gasteiger partial charge on any atom is -0.462 e. The summed E-state index contributed by atoms with van der Waals surface area (Å²) in [6, 6.07) is 21.1. The third kappa shape index (κ3) is 10.8. The van der Waals surface area contributed by atoms with E-state index in [9.17, 15) is 28.4 Å². The van der Waals surface area contributed by atoms with E-state index in [1.807, 2.05) is 6.92 Å². The number of thiophene rings is 1. The minimum atomic E-state index is -0.683. The Balaban J connectivity index is 1.32. The highest BCUT2D eigenvalue weighted by Crippen LogP contribution is 2.39. The lowest BCUT2D eigenvalue weighted by molar-refractivity contribution is -0.116. The second-order valence-electron chi connectivity index (χ2n) is 13.5. The van der Waals surface area contributed by atoms with Gasteiger partial charge in [0.05, 0.1) is 24.0 Å². The molecular formula is C41H43FN4O7S2. The summed E-state index contributed by atoms with van der Waals surface area (Å²) in [7, 11) is 0. The Labute approximate surface area is 327 Å². The molecular weight excluding hydrogens is 744 g/mol. The molecule has 288 valence electrons. The first kappa shape index (κ1) is 40.7. The van der Waals surface area contributed by atoms with E-state index >= 15 is 0 Å². The number of esters is 1. The van der Waals surface area contributed by atoms with Crippen molar-refractivity contribution in [2.45, 2.75) is 69.8 Å². The zero-order valence-corrected chi connectivity index (χ0v) is 32.8. The highest BCUT2D eigenvalue weighted by atomic mass is 32.2. The van der Waals surface area contributed by atoms with Crippen molar-refractivity contribution in [1.29, 1.82) is 0 Å². The van der Waals surface area contributed by atoms with Gasteiger partial charge in [-0.1, -0.05) is 49.4 Å². The maximum atomic E-state index is 14.6. The van der Waals surface area contributed by atoms with Crippen molar-refractivity contribution in [2.24, 2.45) is 0 Å². The molecule has 4 amide bonds. The summed E-state index contributed by atoms with van der Waals surface area (Å²) in [4.78, 5) is 69.4. The molecule has 1 aliphatic heterocycles. The van der Waals surface area contributed by atoms with E-state index in [0.29, 0.717) is 46.1 Å². The predicted molar refractivity (Wildman–Crippen MR) is 213 cm³/mol. The van der Waals surface area contributed by atoms with Crippen LogP contribution in [0.2, 0.25) is 0 Å². The van der Waals surface area contributed by atoms with Crippen LogP contribution in [-0.2, 0) is 32.0 Å². The Morgan fingerprint density at radius 2 is 1.69 bits per heavy atom. The largest absolute Gasteiger partial charge is 0.462 e. The van der Waals surface area contributed by atoms with Gasteiger partial charge >= 0.3 is 12.1 Å². The number of anilines is 2. The lowest BCUT2D eigenvalue weighted by atomic mass is 10.0. The summed E-state index contributed by atoms with van der Waals surface area (Å²) in [5.74, 6) is -2.68. The van der Waals surface area contributed by atoms with Gasteiger partial charge in [0.1, 0.15) is 22.1 Å². The Morgan fingerprint density at radius 1 is 0.964 bits per heavy atom. The van der Waals surface area contributed by atoms with Crippen molar-refractivity contribution < 1.29 is 37.8 Å². The molecule has 1 aliphatic rings. The second kappa shape index (κ2) is 18.2. The highest BCUT2D eigenvalue weighted by Gasteiger charge is 2.33. The first-order valence-electron chi connectivity index (χ1n) is 17.8. The molecule has 14 heteroatoms. The molecule has 5 rings (SSSR count). The van der Waals surface area contributed by atoms with Crippen LogP contribution in [0.1, 0.15) is 77.8 Å². The summed E-state index contributed by atoms with van der Waals surface area (Å²) in [6.45, 7) is 9.69. The normalized spacial score (nSPS) is 13.3. The van der Waals surface area contributed by atoms with Crippen molar-refractivity contribution in [3.8, 4) is 0 Å². The van der Waals surface area contributed by atoms with E-state index in [4.69, 9.17) is 9.47 Å². The predicted octanol–water partition coefficient (Wildman–Crippen LogP) is 8.28. The lowest BCUT2D eigenvalue weighted by Gasteiger charge is -2.30. The number of halogens is 1. The van der Waals surface area contributed by atoms with Gasteiger partial charge in [0.15, 0.2) is 0 Å². The van der Waals surface area contributed by atoms with E-state index < -0.39 is 40.5 Å². The average molecular weight is 787 g/mol. The lowest BCUT2D eigenvalue weighted by Crippen LogP contribution is -2.39. The molecule has 4 aromatic rings. The zero-order valence-electron chi connectivity index (χ0n) is 31.2. The number of benzene rings is 3. The second-order valence-corrected chi connectivity index (χ2v) is 15.8. The number of amides is 4. The molecule has 1 atom stereocenters. The standard InChI is InChI=1S/C41H43FN4O7S2/c1-6-32(37(49)45-38-34(39(50)52-7-2)29-20-21-46(24-33(29)55-38)40(51)53-41(3,4)5)54-28-18-13-17-27(23-28)43-36(48)31(22-26-16-11-12-19-30(26)42)44-35(47)25-14-9-8-10-15-25/h8-19,22-23,32H,6-7,20-21,24H2,1-5H3,(H,43,48)(H,44,47)(H,45,49)/b31-22-. The van der Waals surface area contributed by atoms with E-state index in [1.165, 1.54) is 47.4 Å². The maximum Gasteiger partial charge on any atom is 0.410 e. The number of rotatable bonds is 12. The van der Waals surface area contributed by atoms with Crippen LogP contribution in [0.4, 0.5) is 19.9 Å². The smallest absolute Gasteiger partial charge is 0.410 e. The molecule has 0 saturated heterocycles. The van der Waals surface area contributed by atoms with E-state index in [2.05, 4.69) is 16.0 Å².